The van der Waals surface area contributed by atoms with Crippen LogP contribution in [0.25, 0.3) is 0 Å². The van der Waals surface area contributed by atoms with Crippen LogP contribution in [0.3, 0.4) is 0 Å². The highest BCUT2D eigenvalue weighted by Crippen LogP contribution is 1.98. The maximum Gasteiger partial charge on any atom is 0.120 e. The summed E-state index contributed by atoms with van der Waals surface area (Å²) in [6.07, 6.45) is 0. The Hall–Kier alpha value is -1.05. The van der Waals surface area contributed by atoms with E-state index in [0.717, 1.165) is 0 Å². The van der Waals surface area contributed by atoms with Gasteiger partial charge in [0.25, 0.3) is 0 Å². The molecule has 0 heterocycles. The van der Waals surface area contributed by atoms with Crippen LogP contribution < -0.4 is 0 Å². The number of aliphatic hydroxyl groups excluding tert-OH is 1. The number of rotatable bonds is 3. The van der Waals surface area contributed by atoms with Crippen molar-refractivity contribution in [3.05, 3.63) is 11.3 Å². The maximum atomic E-state index is 8.76. The lowest BCUT2D eigenvalue weighted by Gasteiger charge is -1.97. The number of hydrogen-bond donors (Lipinski definition) is 1. The summed E-state index contributed by atoms with van der Waals surface area (Å²) < 4.78 is 0. The van der Waals surface area contributed by atoms with Gasteiger partial charge in [-0.25, -0.2) is 9.78 Å². The third-order valence-corrected chi connectivity index (χ3v) is 0.893. The van der Waals surface area contributed by atoms with Gasteiger partial charge in [-0.2, -0.15) is 5.26 Å². The first-order valence-corrected chi connectivity index (χ1v) is 2.66. The van der Waals surface area contributed by atoms with Crippen molar-refractivity contribution in [2.45, 2.75) is 6.92 Å². The minimum atomic E-state index is -0.0421. The molecule has 0 rings (SSSR count). The number of allylic oxidation sites excluding steroid dienone is 1. The highest BCUT2D eigenvalue weighted by atomic mass is 17.2. The largest absolute Gasteiger partial charge is 0.511 e. The summed E-state index contributed by atoms with van der Waals surface area (Å²) in [5.74, 6) is -0.0421. The van der Waals surface area contributed by atoms with Gasteiger partial charge in [0, 0.05) is 0 Å². The molecule has 0 saturated carbocycles. The van der Waals surface area contributed by atoms with Crippen molar-refractivity contribution < 1.29 is 14.9 Å². The van der Waals surface area contributed by atoms with Crippen molar-refractivity contribution >= 4 is 0 Å². The zero-order valence-electron chi connectivity index (χ0n) is 5.92. The van der Waals surface area contributed by atoms with Crippen LogP contribution in [0.4, 0.5) is 0 Å². The van der Waals surface area contributed by atoms with Gasteiger partial charge >= 0.3 is 0 Å². The summed E-state index contributed by atoms with van der Waals surface area (Å²) in [6.45, 7) is 1.40. The van der Waals surface area contributed by atoms with Crippen molar-refractivity contribution in [1.82, 2.24) is 0 Å². The molecular formula is C6H9NO3. The Bertz CT molecular complexity index is 164. The quantitative estimate of drug-likeness (QED) is 0.276. The molecule has 0 saturated heterocycles. The fourth-order valence-electron chi connectivity index (χ4n) is 0.335. The Labute approximate surface area is 59.2 Å². The molecule has 0 aromatic heterocycles. The Morgan fingerprint density at radius 1 is 1.70 bits per heavy atom. The van der Waals surface area contributed by atoms with E-state index < -0.39 is 0 Å². The molecule has 0 radical (unpaired) electrons. The summed E-state index contributed by atoms with van der Waals surface area (Å²) in [6, 6.07) is 1.76. The van der Waals surface area contributed by atoms with E-state index in [2.05, 4.69) is 9.78 Å². The highest BCUT2D eigenvalue weighted by Gasteiger charge is 1.99. The summed E-state index contributed by atoms with van der Waals surface area (Å²) in [5.41, 5.74) is 0.168. The average molecular weight is 143 g/mol. The molecule has 0 aliphatic heterocycles. The monoisotopic (exact) mass is 143 g/mol. The molecule has 0 bridgehead atoms. The lowest BCUT2D eigenvalue weighted by atomic mass is 10.3. The van der Waals surface area contributed by atoms with Gasteiger partial charge in [-0.15, -0.1) is 0 Å². The van der Waals surface area contributed by atoms with Crippen molar-refractivity contribution in [3.63, 3.8) is 0 Å². The summed E-state index contributed by atoms with van der Waals surface area (Å²) >= 11 is 0. The van der Waals surface area contributed by atoms with Crippen LogP contribution in [0, 0.1) is 11.3 Å². The van der Waals surface area contributed by atoms with Gasteiger partial charge in [0.15, 0.2) is 0 Å². The molecule has 0 amide bonds. The molecule has 0 spiro atoms. The standard InChI is InChI=1S/C6H9NO3/c1-5(8)6(3-7)4-10-9-2/h8H,4H2,1-2H3. The van der Waals surface area contributed by atoms with Crippen LogP contribution in [-0.4, -0.2) is 18.8 Å². The molecule has 0 atom stereocenters. The Balaban J connectivity index is 3.89. The normalized spacial score (nSPS) is 12.1. The number of aliphatic hydroxyl groups is 1. The molecule has 0 aliphatic carbocycles. The van der Waals surface area contributed by atoms with Gasteiger partial charge in [0.05, 0.1) is 12.7 Å². The van der Waals surface area contributed by atoms with E-state index in [1.807, 2.05) is 0 Å². The first kappa shape index (κ1) is 8.95. The Morgan fingerprint density at radius 2 is 2.30 bits per heavy atom. The van der Waals surface area contributed by atoms with Gasteiger partial charge in [-0.1, -0.05) is 0 Å². The third kappa shape index (κ3) is 3.07. The maximum absolute atomic E-state index is 8.76. The third-order valence-electron chi connectivity index (χ3n) is 0.893. The molecule has 0 aromatic rings. The second-order valence-electron chi connectivity index (χ2n) is 1.60. The predicted molar refractivity (Wildman–Crippen MR) is 33.9 cm³/mol. The molecule has 56 valence electrons. The number of nitriles is 1. The van der Waals surface area contributed by atoms with Crippen LogP contribution in [0.15, 0.2) is 11.3 Å². The summed E-state index contributed by atoms with van der Waals surface area (Å²) in [5, 5.41) is 17.1. The molecule has 0 fully saturated rings. The Morgan fingerprint density at radius 3 is 2.60 bits per heavy atom. The van der Waals surface area contributed by atoms with Crippen molar-refractivity contribution in [1.29, 1.82) is 5.26 Å². The lowest BCUT2D eigenvalue weighted by Crippen LogP contribution is -1.97. The van der Waals surface area contributed by atoms with Gasteiger partial charge < -0.3 is 5.11 Å². The predicted octanol–water partition coefficient (Wildman–Crippen LogP) is 0.920. The van der Waals surface area contributed by atoms with E-state index in [0.29, 0.717) is 0 Å². The first-order valence-electron chi connectivity index (χ1n) is 2.66. The van der Waals surface area contributed by atoms with Crippen molar-refractivity contribution in [2.75, 3.05) is 13.7 Å². The highest BCUT2D eigenvalue weighted by molar-refractivity contribution is 5.22. The number of hydrogen-bond acceptors (Lipinski definition) is 4. The van der Waals surface area contributed by atoms with E-state index in [4.69, 9.17) is 10.4 Å². The van der Waals surface area contributed by atoms with Gasteiger partial charge in [-0.3, -0.25) is 0 Å². The van der Waals surface area contributed by atoms with E-state index in [1.54, 1.807) is 6.07 Å². The molecule has 4 heteroatoms. The SMILES string of the molecule is COOCC(C#N)=C(C)O. The molecule has 10 heavy (non-hydrogen) atoms. The smallest absolute Gasteiger partial charge is 0.120 e. The van der Waals surface area contributed by atoms with Gasteiger partial charge in [0.1, 0.15) is 18.4 Å². The molecule has 0 unspecified atom stereocenters. The van der Waals surface area contributed by atoms with Crippen molar-refractivity contribution in [3.8, 4) is 6.07 Å². The topological polar surface area (TPSA) is 62.5 Å². The minimum Gasteiger partial charge on any atom is -0.511 e. The zero-order chi connectivity index (χ0) is 7.98. The van der Waals surface area contributed by atoms with Crippen LogP contribution in [0.1, 0.15) is 6.92 Å². The fraction of sp³-hybridized carbons (Fsp3) is 0.500. The molecule has 4 nitrogen and oxygen atoms in total. The zero-order valence-corrected chi connectivity index (χ0v) is 5.92. The minimum absolute atomic E-state index is 0.0185. The lowest BCUT2D eigenvalue weighted by molar-refractivity contribution is -0.264. The van der Waals surface area contributed by atoms with E-state index >= 15 is 0 Å². The fourth-order valence-corrected chi connectivity index (χ4v) is 0.335. The summed E-state index contributed by atoms with van der Waals surface area (Å²) in [4.78, 5) is 8.64. The van der Waals surface area contributed by atoms with Crippen LogP contribution >= 0.6 is 0 Å². The molecule has 0 aromatic carbocycles. The summed E-state index contributed by atoms with van der Waals surface area (Å²) in [7, 11) is 1.34. The van der Waals surface area contributed by atoms with Crippen LogP contribution in [0.5, 0.6) is 0 Å². The van der Waals surface area contributed by atoms with E-state index in [9.17, 15) is 0 Å². The van der Waals surface area contributed by atoms with E-state index in [1.165, 1.54) is 14.0 Å². The van der Waals surface area contributed by atoms with Gasteiger partial charge in [0.2, 0.25) is 0 Å². The molecular weight excluding hydrogens is 134 g/mol. The average Bonchev–Trinajstić information content (AvgIpc) is 1.89. The second kappa shape index (κ2) is 4.79. The number of nitrogens with zero attached hydrogens (tertiary/aromatic N) is 1. The molecule has 1 N–H and O–H groups in total. The van der Waals surface area contributed by atoms with E-state index in [-0.39, 0.29) is 17.9 Å². The second-order valence-corrected chi connectivity index (χ2v) is 1.60. The van der Waals surface area contributed by atoms with Crippen LogP contribution in [-0.2, 0) is 9.78 Å². The Kier molecular flexibility index (Phi) is 4.29. The van der Waals surface area contributed by atoms with Gasteiger partial charge in [-0.05, 0) is 6.92 Å². The van der Waals surface area contributed by atoms with Crippen LogP contribution in [0.2, 0.25) is 0 Å². The molecule has 0 aliphatic rings. The first-order chi connectivity index (χ1) is 4.72. The van der Waals surface area contributed by atoms with Crippen molar-refractivity contribution in [2.24, 2.45) is 0 Å².